The summed E-state index contributed by atoms with van der Waals surface area (Å²) in [5, 5.41) is 9.76. The molecule has 1 aliphatic heterocycles. The summed E-state index contributed by atoms with van der Waals surface area (Å²) in [6.07, 6.45) is 3.19. The molecule has 142 valence electrons. The van der Waals surface area contributed by atoms with E-state index in [1.54, 1.807) is 36.0 Å². The molecule has 0 saturated heterocycles. The highest BCUT2D eigenvalue weighted by Gasteiger charge is 2.45. The minimum absolute atomic E-state index is 0.296. The number of carbonyl (C=O) groups is 2. The fourth-order valence-electron chi connectivity index (χ4n) is 2.86. The average Bonchev–Trinajstić information content (AvgIpc) is 3.11. The van der Waals surface area contributed by atoms with Crippen LogP contribution in [0, 0.1) is 5.82 Å². The van der Waals surface area contributed by atoms with Gasteiger partial charge in [0.25, 0.3) is 0 Å². The topological polar surface area (TPSA) is 76.0 Å². The number of carbonyl (C=O) groups excluding carboxylic acids is 2. The van der Waals surface area contributed by atoms with Crippen molar-refractivity contribution in [3.63, 3.8) is 0 Å². The first-order valence-electron chi connectivity index (χ1n) is 8.62. The van der Waals surface area contributed by atoms with Crippen LogP contribution in [0.2, 0.25) is 0 Å². The van der Waals surface area contributed by atoms with Gasteiger partial charge in [-0.15, -0.1) is 0 Å². The predicted molar refractivity (Wildman–Crippen MR) is 106 cm³/mol. The zero-order chi connectivity index (χ0) is 19.7. The summed E-state index contributed by atoms with van der Waals surface area (Å²) >= 11 is 1.22. The number of fused-ring (bicyclic) bond motifs is 1. The Morgan fingerprint density at radius 1 is 1.25 bits per heavy atom. The van der Waals surface area contributed by atoms with Crippen LogP contribution < -0.4 is 10.6 Å². The van der Waals surface area contributed by atoms with Gasteiger partial charge in [0.15, 0.2) is 4.75 Å². The monoisotopic (exact) mass is 396 g/mol. The smallest absolute Gasteiger partial charge is 0.250 e. The first-order chi connectivity index (χ1) is 13.4. The summed E-state index contributed by atoms with van der Waals surface area (Å²) in [5.41, 5.74) is 2.07. The second-order valence-electron chi connectivity index (χ2n) is 6.59. The molecule has 6 nitrogen and oxygen atoms in total. The van der Waals surface area contributed by atoms with Gasteiger partial charge in [-0.05, 0) is 36.8 Å². The standard InChI is InChI=1S/C20H17FN4O2S/c1-20(19(27)24-16-4-2-3-5-17(16)28-20)18(26)23-15-10-22-25(12-15)11-13-6-8-14(21)9-7-13/h2-10,12H,11H2,1H3,(H,23,26)(H,24,27). The molecule has 1 unspecified atom stereocenters. The van der Waals surface area contributed by atoms with Crippen LogP contribution in [0.4, 0.5) is 15.8 Å². The van der Waals surface area contributed by atoms with Crippen LogP contribution in [0.5, 0.6) is 0 Å². The predicted octanol–water partition coefficient (Wildman–Crippen LogP) is 3.51. The third-order valence-corrected chi connectivity index (χ3v) is 5.82. The van der Waals surface area contributed by atoms with Crippen molar-refractivity contribution < 1.29 is 14.0 Å². The molecule has 0 saturated carbocycles. The quantitative estimate of drug-likeness (QED) is 0.662. The molecular formula is C20H17FN4O2S. The lowest BCUT2D eigenvalue weighted by Gasteiger charge is -2.31. The van der Waals surface area contributed by atoms with Gasteiger partial charge >= 0.3 is 0 Å². The molecule has 2 N–H and O–H groups in total. The number of hydrogen-bond donors (Lipinski definition) is 2. The molecule has 1 atom stereocenters. The normalized spacial score (nSPS) is 18.3. The maximum absolute atomic E-state index is 13.0. The molecule has 2 amide bonds. The molecule has 0 fully saturated rings. The van der Waals surface area contributed by atoms with Crippen molar-refractivity contribution in [3.05, 3.63) is 72.3 Å². The molecule has 0 bridgehead atoms. The maximum Gasteiger partial charge on any atom is 0.250 e. The second kappa shape index (κ2) is 7.12. The number of halogens is 1. The van der Waals surface area contributed by atoms with E-state index in [4.69, 9.17) is 0 Å². The van der Waals surface area contributed by atoms with Crippen LogP contribution in [-0.4, -0.2) is 26.3 Å². The fourth-order valence-corrected chi connectivity index (χ4v) is 3.96. The molecule has 28 heavy (non-hydrogen) atoms. The number of thioether (sulfide) groups is 1. The van der Waals surface area contributed by atoms with Crippen LogP contribution in [-0.2, 0) is 16.1 Å². The Kier molecular flexibility index (Phi) is 4.64. The van der Waals surface area contributed by atoms with E-state index in [1.807, 2.05) is 18.2 Å². The van der Waals surface area contributed by atoms with Gasteiger partial charge in [-0.1, -0.05) is 36.0 Å². The zero-order valence-corrected chi connectivity index (χ0v) is 15.8. The summed E-state index contributed by atoms with van der Waals surface area (Å²) in [7, 11) is 0. The van der Waals surface area contributed by atoms with Crippen molar-refractivity contribution in [2.45, 2.75) is 23.1 Å². The highest BCUT2D eigenvalue weighted by atomic mass is 32.2. The van der Waals surface area contributed by atoms with Gasteiger partial charge in [0.05, 0.1) is 24.1 Å². The molecule has 0 radical (unpaired) electrons. The van der Waals surface area contributed by atoms with Gasteiger partial charge in [-0.2, -0.15) is 5.10 Å². The molecule has 8 heteroatoms. The maximum atomic E-state index is 13.0. The van der Waals surface area contributed by atoms with Crippen LogP contribution in [0.25, 0.3) is 0 Å². The summed E-state index contributed by atoms with van der Waals surface area (Å²) in [5.74, 6) is -1.09. The van der Waals surface area contributed by atoms with E-state index in [1.165, 1.54) is 30.1 Å². The lowest BCUT2D eigenvalue weighted by Crippen LogP contribution is -2.49. The Bertz CT molecular complexity index is 1050. The summed E-state index contributed by atoms with van der Waals surface area (Å²) in [6, 6.07) is 13.5. The van der Waals surface area contributed by atoms with Crippen molar-refractivity contribution in [3.8, 4) is 0 Å². The van der Waals surface area contributed by atoms with Gasteiger partial charge in [0.1, 0.15) is 5.82 Å². The van der Waals surface area contributed by atoms with E-state index in [-0.39, 0.29) is 11.7 Å². The van der Waals surface area contributed by atoms with Crippen LogP contribution in [0.1, 0.15) is 12.5 Å². The Morgan fingerprint density at radius 3 is 2.79 bits per heavy atom. The Hall–Kier alpha value is -3.13. The molecule has 1 aromatic heterocycles. The van der Waals surface area contributed by atoms with Crippen molar-refractivity contribution in [2.75, 3.05) is 10.6 Å². The summed E-state index contributed by atoms with van der Waals surface area (Å²) < 4.78 is 13.3. The van der Waals surface area contributed by atoms with E-state index < -0.39 is 10.7 Å². The van der Waals surface area contributed by atoms with Crippen molar-refractivity contribution >= 4 is 35.0 Å². The first-order valence-corrected chi connectivity index (χ1v) is 9.43. The van der Waals surface area contributed by atoms with E-state index in [0.29, 0.717) is 17.9 Å². The number of para-hydroxylation sites is 1. The van der Waals surface area contributed by atoms with Gasteiger partial charge in [0, 0.05) is 11.1 Å². The highest BCUT2D eigenvalue weighted by Crippen LogP contribution is 2.42. The van der Waals surface area contributed by atoms with E-state index in [2.05, 4.69) is 15.7 Å². The number of nitrogens with one attached hydrogen (secondary N) is 2. The van der Waals surface area contributed by atoms with Crippen molar-refractivity contribution in [2.24, 2.45) is 0 Å². The van der Waals surface area contributed by atoms with Gasteiger partial charge in [-0.3, -0.25) is 14.3 Å². The molecule has 2 aromatic carbocycles. The Balaban J connectivity index is 1.47. The zero-order valence-electron chi connectivity index (χ0n) is 15.0. The van der Waals surface area contributed by atoms with Crippen LogP contribution in [0.15, 0.2) is 65.8 Å². The number of benzene rings is 2. The van der Waals surface area contributed by atoms with E-state index in [0.717, 1.165) is 10.5 Å². The minimum atomic E-state index is -1.30. The molecule has 0 aliphatic carbocycles. The fraction of sp³-hybridized carbons (Fsp3) is 0.150. The van der Waals surface area contributed by atoms with E-state index >= 15 is 0 Å². The Labute approximate surface area is 165 Å². The minimum Gasteiger partial charge on any atom is -0.323 e. The van der Waals surface area contributed by atoms with Gasteiger partial charge < -0.3 is 10.6 Å². The Morgan fingerprint density at radius 2 is 2.00 bits per heavy atom. The lowest BCUT2D eigenvalue weighted by atomic mass is 10.1. The number of nitrogens with zero attached hydrogens (tertiary/aromatic N) is 2. The van der Waals surface area contributed by atoms with Crippen LogP contribution in [0.3, 0.4) is 0 Å². The SMILES string of the molecule is CC1(C(=O)Nc2cnn(Cc3ccc(F)cc3)c2)Sc2ccccc2NC1=O. The highest BCUT2D eigenvalue weighted by molar-refractivity contribution is 8.02. The average molecular weight is 396 g/mol. The molecule has 4 rings (SSSR count). The number of hydrogen-bond acceptors (Lipinski definition) is 4. The third kappa shape index (κ3) is 3.50. The molecular weight excluding hydrogens is 379 g/mol. The number of anilines is 2. The second-order valence-corrected chi connectivity index (χ2v) is 8.05. The number of aromatic nitrogens is 2. The largest absolute Gasteiger partial charge is 0.323 e. The number of rotatable bonds is 4. The molecule has 1 aliphatic rings. The molecule has 2 heterocycles. The van der Waals surface area contributed by atoms with Crippen molar-refractivity contribution in [1.82, 2.24) is 9.78 Å². The molecule has 3 aromatic rings. The number of amides is 2. The van der Waals surface area contributed by atoms with Gasteiger partial charge in [-0.25, -0.2) is 4.39 Å². The van der Waals surface area contributed by atoms with Gasteiger partial charge in [0.2, 0.25) is 11.8 Å². The van der Waals surface area contributed by atoms with E-state index in [9.17, 15) is 14.0 Å². The van der Waals surface area contributed by atoms with Crippen LogP contribution >= 0.6 is 11.8 Å². The van der Waals surface area contributed by atoms with Crippen molar-refractivity contribution in [1.29, 1.82) is 0 Å². The summed E-state index contributed by atoms with van der Waals surface area (Å²) in [4.78, 5) is 26.2. The lowest BCUT2D eigenvalue weighted by molar-refractivity contribution is -0.126. The summed E-state index contributed by atoms with van der Waals surface area (Å²) in [6.45, 7) is 2.04. The molecule has 0 spiro atoms. The third-order valence-electron chi connectivity index (χ3n) is 4.46. The first kappa shape index (κ1) is 18.2.